The zero-order chi connectivity index (χ0) is 20.8. The number of nitrogens with zero attached hydrogens (tertiary/aromatic N) is 1. The number of imide groups is 1. The van der Waals surface area contributed by atoms with Crippen LogP contribution in [0.15, 0.2) is 71.2 Å². The van der Waals surface area contributed by atoms with Crippen LogP contribution in [-0.2, 0) is 14.4 Å². The quantitative estimate of drug-likeness (QED) is 0.415. The van der Waals surface area contributed by atoms with Crippen LogP contribution >= 0.6 is 15.9 Å². The van der Waals surface area contributed by atoms with Crippen LogP contribution in [0.4, 0.5) is 11.4 Å². The van der Waals surface area contributed by atoms with Gasteiger partial charge in [-0.15, -0.1) is 0 Å². The lowest BCUT2D eigenvalue weighted by atomic mass is 9.85. The molecule has 3 amide bonds. The van der Waals surface area contributed by atoms with E-state index in [9.17, 15) is 14.4 Å². The van der Waals surface area contributed by atoms with E-state index in [-0.39, 0.29) is 41.4 Å². The molecule has 1 saturated carbocycles. The highest BCUT2D eigenvalue weighted by Gasteiger charge is 2.59. The van der Waals surface area contributed by atoms with Crippen LogP contribution < -0.4 is 10.2 Å². The monoisotopic (exact) mass is 462 g/mol. The van der Waals surface area contributed by atoms with E-state index in [0.717, 1.165) is 16.5 Å². The molecule has 150 valence electrons. The van der Waals surface area contributed by atoms with E-state index in [2.05, 4.69) is 33.4 Å². The summed E-state index contributed by atoms with van der Waals surface area (Å²) in [5, 5.41) is 2.79. The van der Waals surface area contributed by atoms with Crippen molar-refractivity contribution in [1.29, 1.82) is 0 Å². The van der Waals surface area contributed by atoms with Crippen molar-refractivity contribution in [3.63, 3.8) is 0 Å². The molecular formula is C24H19BrN2O3. The van der Waals surface area contributed by atoms with Gasteiger partial charge >= 0.3 is 0 Å². The van der Waals surface area contributed by atoms with E-state index in [4.69, 9.17) is 0 Å². The van der Waals surface area contributed by atoms with E-state index in [1.807, 2.05) is 18.2 Å². The van der Waals surface area contributed by atoms with Gasteiger partial charge in [0.25, 0.3) is 0 Å². The Hall–Kier alpha value is -2.99. The van der Waals surface area contributed by atoms with Gasteiger partial charge in [-0.1, -0.05) is 40.2 Å². The summed E-state index contributed by atoms with van der Waals surface area (Å²) < 4.78 is 0.937. The molecule has 5 nitrogen and oxygen atoms in total. The minimum absolute atomic E-state index is 0.101. The van der Waals surface area contributed by atoms with Crippen molar-refractivity contribution < 1.29 is 14.4 Å². The minimum Gasteiger partial charge on any atom is -0.323 e. The number of rotatable bonds is 4. The molecule has 1 aliphatic heterocycles. The Bertz CT molecular complexity index is 1080. The van der Waals surface area contributed by atoms with Gasteiger partial charge in [-0.2, -0.15) is 0 Å². The van der Waals surface area contributed by atoms with Crippen molar-refractivity contribution in [3.05, 3.63) is 76.8 Å². The van der Waals surface area contributed by atoms with Crippen molar-refractivity contribution in [2.75, 3.05) is 10.2 Å². The Morgan fingerprint density at radius 2 is 1.67 bits per heavy atom. The molecule has 2 aromatic carbocycles. The van der Waals surface area contributed by atoms with Crippen molar-refractivity contribution >= 4 is 51.1 Å². The van der Waals surface area contributed by atoms with Crippen molar-refractivity contribution in [2.24, 2.45) is 23.7 Å². The normalized spacial score (nSPS) is 26.6. The third-order valence-corrected chi connectivity index (χ3v) is 6.67. The van der Waals surface area contributed by atoms with Gasteiger partial charge in [0.1, 0.15) is 0 Å². The molecule has 2 fully saturated rings. The maximum Gasteiger partial charge on any atom is 0.248 e. The largest absolute Gasteiger partial charge is 0.323 e. The molecule has 0 radical (unpaired) electrons. The topological polar surface area (TPSA) is 66.5 Å². The number of hydrogen-bond acceptors (Lipinski definition) is 3. The van der Waals surface area contributed by atoms with E-state index in [0.29, 0.717) is 11.4 Å². The number of fused-ring (bicyclic) bond motifs is 5. The number of halogens is 1. The van der Waals surface area contributed by atoms with Crippen molar-refractivity contribution in [1.82, 2.24) is 0 Å². The van der Waals surface area contributed by atoms with E-state index < -0.39 is 0 Å². The number of benzene rings is 2. The van der Waals surface area contributed by atoms with E-state index in [1.54, 1.807) is 36.4 Å². The molecule has 3 aliphatic rings. The van der Waals surface area contributed by atoms with Gasteiger partial charge in [-0.3, -0.25) is 14.4 Å². The molecular weight excluding hydrogens is 444 g/mol. The van der Waals surface area contributed by atoms with Crippen LogP contribution in [0.3, 0.4) is 0 Å². The highest BCUT2D eigenvalue weighted by atomic mass is 79.9. The Balaban J connectivity index is 1.32. The molecule has 4 atom stereocenters. The second kappa shape index (κ2) is 7.36. The van der Waals surface area contributed by atoms with Crippen molar-refractivity contribution in [2.45, 2.75) is 6.42 Å². The van der Waals surface area contributed by atoms with E-state index >= 15 is 0 Å². The second-order valence-corrected chi connectivity index (χ2v) is 8.85. The van der Waals surface area contributed by atoms with Gasteiger partial charge in [0.15, 0.2) is 0 Å². The summed E-state index contributed by atoms with van der Waals surface area (Å²) in [4.78, 5) is 39.5. The Morgan fingerprint density at radius 1 is 1.00 bits per heavy atom. The number of hydrogen-bond donors (Lipinski definition) is 1. The number of allylic oxidation sites excluding steroid dienone is 2. The number of carbonyl (C=O) groups is 3. The van der Waals surface area contributed by atoms with Crippen LogP contribution in [0.25, 0.3) is 6.08 Å². The molecule has 1 N–H and O–H groups in total. The number of nitrogens with one attached hydrogen (secondary N) is 1. The predicted octanol–water partition coefficient (Wildman–Crippen LogP) is 4.41. The van der Waals surface area contributed by atoms with Crippen LogP contribution in [0, 0.1) is 23.7 Å². The summed E-state index contributed by atoms with van der Waals surface area (Å²) in [5.74, 6) is -0.523. The average Bonchev–Trinajstić information content (AvgIpc) is 3.42. The van der Waals surface area contributed by atoms with E-state index in [1.165, 1.54) is 11.0 Å². The van der Waals surface area contributed by atoms with Gasteiger partial charge in [0.05, 0.1) is 17.5 Å². The van der Waals surface area contributed by atoms with Gasteiger partial charge in [-0.25, -0.2) is 4.90 Å². The first kappa shape index (κ1) is 19.0. The summed E-state index contributed by atoms with van der Waals surface area (Å²) in [6, 6.07) is 14.5. The SMILES string of the molecule is O=C(/C=C/c1cccc(N2C(=O)[C@H]3[C@H](C2=O)[C@H]2C=C[C@H]3C2)c1)Nc1ccc(Br)cc1. The lowest BCUT2D eigenvalue weighted by molar-refractivity contribution is -0.123. The first-order valence-corrected chi connectivity index (χ1v) is 10.7. The van der Waals surface area contributed by atoms with Crippen LogP contribution in [-0.4, -0.2) is 17.7 Å². The fourth-order valence-electron chi connectivity index (χ4n) is 4.81. The molecule has 0 aromatic heterocycles. The number of amides is 3. The van der Waals surface area contributed by atoms with Crippen LogP contribution in [0.2, 0.25) is 0 Å². The highest BCUT2D eigenvalue weighted by molar-refractivity contribution is 9.10. The fraction of sp³-hybridized carbons (Fsp3) is 0.208. The Kier molecular flexibility index (Phi) is 4.66. The molecule has 2 bridgehead atoms. The first-order valence-electron chi connectivity index (χ1n) is 9.92. The molecule has 1 saturated heterocycles. The number of carbonyl (C=O) groups excluding carboxylic acids is 3. The molecule has 2 aliphatic carbocycles. The standard InChI is InChI=1S/C24H19BrN2O3/c25-17-7-9-18(10-8-17)26-20(28)11-4-14-2-1-3-19(12-14)27-23(29)21-15-5-6-16(13-15)22(21)24(27)30/h1-12,15-16,21-22H,13H2,(H,26,28)/b11-4+/t15-,16-,21+,22+/m0/s1. The molecule has 30 heavy (non-hydrogen) atoms. The van der Waals surface area contributed by atoms with Gasteiger partial charge < -0.3 is 5.32 Å². The van der Waals surface area contributed by atoms with Gasteiger partial charge in [0.2, 0.25) is 17.7 Å². The molecule has 0 unspecified atom stereocenters. The zero-order valence-electron chi connectivity index (χ0n) is 16.0. The van der Waals surface area contributed by atoms with Crippen LogP contribution in [0.1, 0.15) is 12.0 Å². The maximum atomic E-state index is 13.0. The summed E-state index contributed by atoms with van der Waals surface area (Å²) in [5.41, 5.74) is 2.01. The molecule has 1 heterocycles. The third-order valence-electron chi connectivity index (χ3n) is 6.14. The minimum atomic E-state index is -0.256. The van der Waals surface area contributed by atoms with Crippen molar-refractivity contribution in [3.8, 4) is 0 Å². The molecule has 0 spiro atoms. The van der Waals surface area contributed by atoms with Crippen LogP contribution in [0.5, 0.6) is 0 Å². The summed E-state index contributed by atoms with van der Waals surface area (Å²) in [7, 11) is 0. The molecule has 2 aromatic rings. The molecule has 5 rings (SSSR count). The maximum absolute atomic E-state index is 13.0. The lowest BCUT2D eigenvalue weighted by Gasteiger charge is -2.17. The summed E-state index contributed by atoms with van der Waals surface area (Å²) >= 11 is 3.36. The summed E-state index contributed by atoms with van der Waals surface area (Å²) in [6.07, 6.45) is 8.20. The zero-order valence-corrected chi connectivity index (χ0v) is 17.6. The predicted molar refractivity (Wildman–Crippen MR) is 118 cm³/mol. The number of anilines is 2. The Morgan fingerprint density at radius 3 is 2.33 bits per heavy atom. The lowest BCUT2D eigenvalue weighted by Crippen LogP contribution is -2.32. The average molecular weight is 463 g/mol. The summed E-state index contributed by atoms with van der Waals surface area (Å²) in [6.45, 7) is 0. The second-order valence-electron chi connectivity index (χ2n) is 7.94. The first-order chi connectivity index (χ1) is 14.5. The van der Waals surface area contributed by atoms with Gasteiger partial charge in [0, 0.05) is 16.2 Å². The third kappa shape index (κ3) is 3.21. The fourth-order valence-corrected chi connectivity index (χ4v) is 5.08. The Labute approximate surface area is 182 Å². The highest BCUT2D eigenvalue weighted by Crippen LogP contribution is 2.53. The smallest absolute Gasteiger partial charge is 0.248 e. The van der Waals surface area contributed by atoms with Gasteiger partial charge in [-0.05, 0) is 66.3 Å². The molecule has 6 heteroatoms.